The molecule has 3 aromatic rings. The molecule has 3 rings (SSSR count). The van der Waals surface area contributed by atoms with Crippen LogP contribution in [0.15, 0.2) is 48.7 Å². The third-order valence-electron chi connectivity index (χ3n) is 4.67. The minimum atomic E-state index is -5.17. The quantitative estimate of drug-likeness (QED) is 0.297. The lowest BCUT2D eigenvalue weighted by Crippen LogP contribution is -2.19. The fourth-order valence-corrected chi connectivity index (χ4v) is 2.97. The van der Waals surface area contributed by atoms with E-state index in [1.54, 1.807) is 0 Å². The van der Waals surface area contributed by atoms with Crippen molar-refractivity contribution in [3.8, 4) is 17.2 Å². The predicted octanol–water partition coefficient (Wildman–Crippen LogP) is 6.28. The van der Waals surface area contributed by atoms with Crippen molar-refractivity contribution in [3.63, 3.8) is 0 Å². The zero-order valence-electron chi connectivity index (χ0n) is 18.8. The van der Waals surface area contributed by atoms with E-state index >= 15 is 4.39 Å². The Bertz CT molecular complexity index is 1320. The summed E-state index contributed by atoms with van der Waals surface area (Å²) in [5, 5.41) is 2.21. The highest BCUT2D eigenvalue weighted by Gasteiger charge is 2.37. The SMILES string of the molecule is COC(=O)c1cc(NC(=O)c2c(Oc3ccc(OC(F)(F)F)cc3)ccc(C(F)(F)F)c2F)c(C)cn1. The summed E-state index contributed by atoms with van der Waals surface area (Å²) in [5.41, 5.74) is -2.97. The molecule has 1 N–H and O–H groups in total. The molecule has 2 aromatic carbocycles. The first kappa shape index (κ1) is 27.2. The number of halogens is 7. The van der Waals surface area contributed by atoms with Gasteiger partial charge in [-0.3, -0.25) is 4.79 Å². The number of ether oxygens (including phenoxy) is 3. The number of benzene rings is 2. The van der Waals surface area contributed by atoms with Crippen molar-refractivity contribution in [2.75, 3.05) is 12.4 Å². The van der Waals surface area contributed by atoms with Gasteiger partial charge in [0.1, 0.15) is 28.5 Å². The highest BCUT2D eigenvalue weighted by molar-refractivity contribution is 6.07. The molecular formula is C23H15F7N2O5. The van der Waals surface area contributed by atoms with Crippen molar-refractivity contribution in [3.05, 3.63) is 76.9 Å². The molecule has 0 aliphatic heterocycles. The maximum absolute atomic E-state index is 15.0. The molecule has 0 atom stereocenters. The molecule has 0 aliphatic rings. The van der Waals surface area contributed by atoms with Crippen LogP contribution in [-0.2, 0) is 10.9 Å². The number of nitrogens with zero attached hydrogens (tertiary/aromatic N) is 1. The number of carbonyl (C=O) groups excluding carboxylic acids is 2. The van der Waals surface area contributed by atoms with Gasteiger partial charge in [-0.1, -0.05) is 0 Å². The monoisotopic (exact) mass is 532 g/mol. The van der Waals surface area contributed by atoms with Crippen LogP contribution in [0.2, 0.25) is 0 Å². The molecule has 0 fully saturated rings. The van der Waals surface area contributed by atoms with Gasteiger partial charge < -0.3 is 19.5 Å². The maximum Gasteiger partial charge on any atom is 0.573 e. The Labute approximate surface area is 203 Å². The Hall–Kier alpha value is -4.36. The van der Waals surface area contributed by atoms with E-state index in [-0.39, 0.29) is 22.7 Å². The molecule has 0 bridgehead atoms. The zero-order chi connectivity index (χ0) is 27.5. The van der Waals surface area contributed by atoms with Gasteiger partial charge in [0.25, 0.3) is 5.91 Å². The van der Waals surface area contributed by atoms with Crippen molar-refractivity contribution in [1.82, 2.24) is 4.98 Å². The number of rotatable bonds is 6. The van der Waals surface area contributed by atoms with E-state index in [1.807, 2.05) is 0 Å². The fourth-order valence-electron chi connectivity index (χ4n) is 2.97. The van der Waals surface area contributed by atoms with Crippen LogP contribution in [0.4, 0.5) is 36.4 Å². The molecule has 37 heavy (non-hydrogen) atoms. The molecule has 0 saturated carbocycles. The molecule has 1 amide bonds. The van der Waals surface area contributed by atoms with Gasteiger partial charge in [0.2, 0.25) is 0 Å². The number of aromatic nitrogens is 1. The number of aryl methyl sites for hydroxylation is 1. The summed E-state index contributed by atoms with van der Waals surface area (Å²) >= 11 is 0. The number of carbonyl (C=O) groups is 2. The lowest BCUT2D eigenvalue weighted by molar-refractivity contribution is -0.274. The van der Waals surface area contributed by atoms with Crippen LogP contribution in [0, 0.1) is 12.7 Å². The standard InChI is InChI=1S/C23H15F7N2O5/c1-11-10-31-16(21(34)35-2)9-15(11)32-20(33)18-17(8-7-14(19(18)24)22(25,26)27)36-12-3-5-13(6-4-12)37-23(28,29)30/h3-10H,1-2H3,(H,31,32,33). The van der Waals surface area contributed by atoms with Crippen LogP contribution in [0.1, 0.15) is 32.0 Å². The molecule has 1 aromatic heterocycles. The molecule has 7 nitrogen and oxygen atoms in total. The average Bonchev–Trinajstić information content (AvgIpc) is 2.79. The van der Waals surface area contributed by atoms with E-state index < -0.39 is 52.9 Å². The number of hydrogen-bond acceptors (Lipinski definition) is 6. The first-order valence-corrected chi connectivity index (χ1v) is 9.99. The summed E-state index contributed by atoms with van der Waals surface area (Å²) in [6, 6.07) is 5.72. The zero-order valence-corrected chi connectivity index (χ0v) is 18.8. The molecule has 14 heteroatoms. The van der Waals surface area contributed by atoms with Crippen LogP contribution in [0.5, 0.6) is 17.2 Å². The van der Waals surface area contributed by atoms with E-state index in [0.717, 1.165) is 37.4 Å². The minimum absolute atomic E-state index is 0.0863. The smallest absolute Gasteiger partial charge is 0.464 e. The van der Waals surface area contributed by atoms with E-state index in [1.165, 1.54) is 13.1 Å². The predicted molar refractivity (Wildman–Crippen MR) is 113 cm³/mol. The molecule has 1 heterocycles. The van der Waals surface area contributed by atoms with Crippen LogP contribution in [0.3, 0.4) is 0 Å². The maximum atomic E-state index is 15.0. The fraction of sp³-hybridized carbons (Fsp3) is 0.174. The first-order valence-electron chi connectivity index (χ1n) is 9.99. The van der Waals surface area contributed by atoms with Gasteiger partial charge in [-0.25, -0.2) is 14.2 Å². The minimum Gasteiger partial charge on any atom is -0.464 e. The second-order valence-corrected chi connectivity index (χ2v) is 7.25. The Balaban J connectivity index is 2.01. The lowest BCUT2D eigenvalue weighted by atomic mass is 10.1. The summed E-state index contributed by atoms with van der Waals surface area (Å²) in [7, 11) is 1.07. The molecule has 196 valence electrons. The largest absolute Gasteiger partial charge is 0.573 e. The van der Waals surface area contributed by atoms with E-state index in [2.05, 4.69) is 19.8 Å². The number of amides is 1. The highest BCUT2D eigenvalue weighted by atomic mass is 19.4. The summed E-state index contributed by atoms with van der Waals surface area (Å²) < 4.78 is 106. The molecule has 0 radical (unpaired) electrons. The van der Waals surface area contributed by atoms with Crippen LogP contribution in [0.25, 0.3) is 0 Å². The number of alkyl halides is 6. The van der Waals surface area contributed by atoms with E-state index in [4.69, 9.17) is 4.74 Å². The van der Waals surface area contributed by atoms with Crippen molar-refractivity contribution < 1.29 is 54.5 Å². The van der Waals surface area contributed by atoms with Crippen molar-refractivity contribution in [2.24, 2.45) is 0 Å². The third kappa shape index (κ3) is 6.65. The molecule has 0 aliphatic carbocycles. The van der Waals surface area contributed by atoms with E-state index in [0.29, 0.717) is 12.1 Å². The second kappa shape index (κ2) is 10.3. The molecule has 0 spiro atoms. The number of pyridine rings is 1. The van der Waals surface area contributed by atoms with Gasteiger partial charge >= 0.3 is 18.5 Å². The number of methoxy groups -OCH3 is 1. The van der Waals surface area contributed by atoms with E-state index in [9.17, 15) is 35.9 Å². The number of hydrogen-bond donors (Lipinski definition) is 1. The summed E-state index contributed by atoms with van der Waals surface area (Å²) in [4.78, 5) is 28.5. The topological polar surface area (TPSA) is 86.8 Å². The van der Waals surface area contributed by atoms with Crippen LogP contribution in [-0.4, -0.2) is 30.3 Å². The van der Waals surface area contributed by atoms with Gasteiger partial charge in [0.05, 0.1) is 12.7 Å². The van der Waals surface area contributed by atoms with Crippen LogP contribution >= 0.6 is 0 Å². The molecular weight excluding hydrogens is 517 g/mol. The Morgan fingerprint density at radius 1 is 0.946 bits per heavy atom. The normalized spacial score (nSPS) is 11.6. The Morgan fingerprint density at radius 2 is 1.57 bits per heavy atom. The highest BCUT2D eigenvalue weighted by Crippen LogP contribution is 2.38. The second-order valence-electron chi connectivity index (χ2n) is 7.25. The lowest BCUT2D eigenvalue weighted by Gasteiger charge is -2.17. The summed E-state index contributed by atoms with van der Waals surface area (Å²) in [6.45, 7) is 1.45. The van der Waals surface area contributed by atoms with Crippen molar-refractivity contribution >= 4 is 17.6 Å². The Kier molecular flexibility index (Phi) is 7.60. The van der Waals surface area contributed by atoms with Crippen molar-refractivity contribution in [1.29, 1.82) is 0 Å². The van der Waals surface area contributed by atoms with Crippen molar-refractivity contribution in [2.45, 2.75) is 19.5 Å². The number of esters is 1. The molecule has 0 saturated heterocycles. The Morgan fingerprint density at radius 3 is 2.14 bits per heavy atom. The summed E-state index contributed by atoms with van der Waals surface area (Å²) in [5.74, 6) is -5.74. The molecule has 0 unspecified atom stereocenters. The van der Waals surface area contributed by atoms with Gasteiger partial charge in [-0.15, -0.1) is 13.2 Å². The number of anilines is 1. The van der Waals surface area contributed by atoms with Gasteiger partial charge in [-0.05, 0) is 55.0 Å². The average molecular weight is 532 g/mol. The first-order chi connectivity index (χ1) is 17.2. The summed E-state index contributed by atoms with van der Waals surface area (Å²) in [6.07, 6.45) is -8.96. The van der Waals surface area contributed by atoms with Gasteiger partial charge in [-0.2, -0.15) is 13.2 Å². The van der Waals surface area contributed by atoms with Crippen LogP contribution < -0.4 is 14.8 Å². The van der Waals surface area contributed by atoms with Gasteiger partial charge in [0, 0.05) is 11.9 Å². The van der Waals surface area contributed by atoms with Gasteiger partial charge in [0.15, 0.2) is 5.82 Å². The third-order valence-corrected chi connectivity index (χ3v) is 4.67. The number of nitrogens with one attached hydrogen (secondary N) is 1.